The third-order valence-corrected chi connectivity index (χ3v) is 3.94. The van der Waals surface area contributed by atoms with Crippen molar-refractivity contribution in [1.29, 1.82) is 0 Å². The first-order chi connectivity index (χ1) is 8.88. The molecule has 2 aromatic rings. The van der Waals surface area contributed by atoms with Crippen molar-refractivity contribution in [3.63, 3.8) is 0 Å². The van der Waals surface area contributed by atoms with Gasteiger partial charge in [0, 0.05) is 17.2 Å². The lowest BCUT2D eigenvalue weighted by molar-refractivity contribution is -0.141. The van der Waals surface area contributed by atoms with Gasteiger partial charge in [0.2, 0.25) is 0 Å². The second-order valence-electron chi connectivity index (χ2n) is 4.36. The van der Waals surface area contributed by atoms with Gasteiger partial charge in [-0.2, -0.15) is 0 Å². The molecule has 0 unspecified atom stereocenters. The monoisotopic (exact) mass is 280 g/mol. The van der Waals surface area contributed by atoms with Crippen LogP contribution in [0.15, 0.2) is 18.2 Å². The molecule has 1 atom stereocenters. The van der Waals surface area contributed by atoms with Crippen molar-refractivity contribution in [2.45, 2.75) is 13.3 Å². The number of aromatic hydroxyl groups is 2. The molecule has 5 nitrogen and oxygen atoms in total. The van der Waals surface area contributed by atoms with Crippen LogP contribution >= 0.6 is 11.3 Å². The maximum absolute atomic E-state index is 11.9. The van der Waals surface area contributed by atoms with E-state index >= 15 is 0 Å². The number of hydrogen-bond donors (Lipinski definition) is 3. The molecule has 0 aliphatic rings. The van der Waals surface area contributed by atoms with Crippen molar-refractivity contribution in [3.8, 4) is 11.5 Å². The number of thiophene rings is 1. The number of carbonyl (C=O) groups is 2. The molecule has 100 valence electrons. The van der Waals surface area contributed by atoms with Gasteiger partial charge in [-0.3, -0.25) is 9.59 Å². The van der Waals surface area contributed by atoms with E-state index in [2.05, 4.69) is 0 Å². The molecule has 6 heteroatoms. The highest BCUT2D eigenvalue weighted by molar-refractivity contribution is 7.20. The molecule has 0 aliphatic carbocycles. The van der Waals surface area contributed by atoms with Crippen molar-refractivity contribution in [2.75, 3.05) is 0 Å². The summed E-state index contributed by atoms with van der Waals surface area (Å²) >= 11 is 1.17. The van der Waals surface area contributed by atoms with Gasteiger partial charge in [-0.1, -0.05) is 6.92 Å². The molecule has 0 saturated heterocycles. The van der Waals surface area contributed by atoms with E-state index < -0.39 is 11.9 Å². The standard InChI is InChI=1S/C13H12O5S/c1-6(13(17)18)2-10(16)12-4-7-3-8(14)9(15)5-11(7)19-12/h3-6,14-15H,2H2,1H3,(H,17,18)/t6-/m1/s1. The number of Topliss-reactive ketones (excluding diaryl/α,β-unsaturated/α-hetero) is 1. The summed E-state index contributed by atoms with van der Waals surface area (Å²) in [7, 11) is 0. The van der Waals surface area contributed by atoms with Crippen molar-refractivity contribution in [2.24, 2.45) is 5.92 Å². The quantitative estimate of drug-likeness (QED) is 0.591. The van der Waals surface area contributed by atoms with Gasteiger partial charge in [0.05, 0.1) is 10.8 Å². The molecule has 0 radical (unpaired) electrons. The second-order valence-corrected chi connectivity index (χ2v) is 5.44. The highest BCUT2D eigenvalue weighted by Crippen LogP contribution is 2.35. The number of phenols is 2. The molecule has 0 spiro atoms. The minimum Gasteiger partial charge on any atom is -0.504 e. The van der Waals surface area contributed by atoms with E-state index in [9.17, 15) is 19.8 Å². The van der Waals surface area contributed by atoms with Crippen LogP contribution in [0.2, 0.25) is 0 Å². The molecule has 1 aromatic carbocycles. The predicted octanol–water partition coefficient (Wildman–Crippen LogP) is 2.61. The van der Waals surface area contributed by atoms with Crippen molar-refractivity contribution in [3.05, 3.63) is 23.1 Å². The van der Waals surface area contributed by atoms with Gasteiger partial charge >= 0.3 is 5.97 Å². The Bertz CT molecular complexity index is 619. The molecule has 0 saturated carbocycles. The smallest absolute Gasteiger partial charge is 0.306 e. The zero-order chi connectivity index (χ0) is 14.2. The van der Waals surface area contributed by atoms with Gasteiger partial charge in [-0.15, -0.1) is 11.3 Å². The molecule has 2 rings (SSSR count). The molecule has 0 bridgehead atoms. The van der Waals surface area contributed by atoms with E-state index in [1.807, 2.05) is 0 Å². The van der Waals surface area contributed by atoms with Crippen molar-refractivity contribution >= 4 is 33.2 Å². The third-order valence-electron chi connectivity index (χ3n) is 2.80. The van der Waals surface area contributed by atoms with Crippen LogP contribution in [-0.2, 0) is 4.79 Å². The number of rotatable bonds is 4. The molecule has 3 N–H and O–H groups in total. The Morgan fingerprint density at radius 3 is 2.47 bits per heavy atom. The van der Waals surface area contributed by atoms with Crippen LogP contribution in [0.3, 0.4) is 0 Å². The molecular weight excluding hydrogens is 268 g/mol. The SMILES string of the molecule is C[C@H](CC(=O)c1cc2cc(O)c(O)cc2s1)C(=O)O. The Kier molecular flexibility index (Phi) is 3.44. The average molecular weight is 280 g/mol. The van der Waals surface area contributed by atoms with Crippen LogP contribution < -0.4 is 0 Å². The fraction of sp³-hybridized carbons (Fsp3) is 0.231. The van der Waals surface area contributed by atoms with Crippen LogP contribution in [0.1, 0.15) is 23.0 Å². The first-order valence-electron chi connectivity index (χ1n) is 5.60. The van der Waals surface area contributed by atoms with Crippen LogP contribution in [0.4, 0.5) is 0 Å². The Morgan fingerprint density at radius 2 is 1.84 bits per heavy atom. The number of carbonyl (C=O) groups excluding carboxylic acids is 1. The molecule has 0 amide bonds. The molecule has 0 aliphatic heterocycles. The van der Waals surface area contributed by atoms with E-state index in [-0.39, 0.29) is 23.7 Å². The summed E-state index contributed by atoms with van der Waals surface area (Å²) in [6.07, 6.45) is -0.0693. The summed E-state index contributed by atoms with van der Waals surface area (Å²) < 4.78 is 0.668. The highest BCUT2D eigenvalue weighted by Gasteiger charge is 2.19. The number of carboxylic acids is 1. The van der Waals surface area contributed by atoms with Gasteiger partial charge in [0.15, 0.2) is 17.3 Å². The minimum atomic E-state index is -1.01. The Labute approximate surface area is 112 Å². The molecule has 1 heterocycles. The lowest BCUT2D eigenvalue weighted by atomic mass is 10.0. The van der Waals surface area contributed by atoms with Crippen LogP contribution in [0, 0.1) is 5.92 Å². The van der Waals surface area contributed by atoms with E-state index in [0.29, 0.717) is 15.0 Å². The van der Waals surface area contributed by atoms with Crippen molar-refractivity contribution < 1.29 is 24.9 Å². The van der Waals surface area contributed by atoms with Gasteiger partial charge in [0.1, 0.15) is 0 Å². The first kappa shape index (κ1) is 13.4. The number of hydrogen-bond acceptors (Lipinski definition) is 5. The molecule has 19 heavy (non-hydrogen) atoms. The van der Waals surface area contributed by atoms with Crippen molar-refractivity contribution in [1.82, 2.24) is 0 Å². The van der Waals surface area contributed by atoms with Gasteiger partial charge in [0.25, 0.3) is 0 Å². The van der Waals surface area contributed by atoms with E-state index in [1.54, 1.807) is 6.07 Å². The topological polar surface area (TPSA) is 94.8 Å². The number of fused-ring (bicyclic) bond motifs is 1. The summed E-state index contributed by atoms with van der Waals surface area (Å²) in [5.74, 6) is -2.49. The summed E-state index contributed by atoms with van der Waals surface area (Å²) in [5.41, 5.74) is 0. The summed E-state index contributed by atoms with van der Waals surface area (Å²) in [6, 6.07) is 4.35. The van der Waals surface area contributed by atoms with Gasteiger partial charge < -0.3 is 15.3 Å². The number of phenolic OH excluding ortho intramolecular Hbond substituents is 2. The first-order valence-corrected chi connectivity index (χ1v) is 6.41. The van der Waals surface area contributed by atoms with Gasteiger partial charge in [-0.25, -0.2) is 0 Å². The minimum absolute atomic E-state index is 0.0693. The van der Waals surface area contributed by atoms with Crippen LogP contribution in [0.25, 0.3) is 10.1 Å². The Hall–Kier alpha value is -2.08. The maximum atomic E-state index is 11.9. The lowest BCUT2D eigenvalue weighted by Crippen LogP contribution is -2.13. The molecular formula is C13H12O5S. The van der Waals surface area contributed by atoms with E-state index in [1.165, 1.54) is 30.4 Å². The largest absolute Gasteiger partial charge is 0.504 e. The van der Waals surface area contributed by atoms with Crippen LogP contribution in [-0.4, -0.2) is 27.1 Å². The van der Waals surface area contributed by atoms with E-state index in [4.69, 9.17) is 5.11 Å². The second kappa shape index (κ2) is 4.89. The maximum Gasteiger partial charge on any atom is 0.306 e. The summed E-state index contributed by atoms with van der Waals surface area (Å²) in [4.78, 5) is 23.1. The molecule has 1 aromatic heterocycles. The van der Waals surface area contributed by atoms with Gasteiger partial charge in [-0.05, 0) is 17.5 Å². The Balaban J connectivity index is 2.31. The zero-order valence-electron chi connectivity index (χ0n) is 10.1. The fourth-order valence-corrected chi connectivity index (χ4v) is 2.69. The number of aliphatic carboxylic acids is 1. The highest BCUT2D eigenvalue weighted by atomic mass is 32.1. The predicted molar refractivity (Wildman–Crippen MR) is 70.9 cm³/mol. The average Bonchev–Trinajstić information content (AvgIpc) is 2.72. The fourth-order valence-electron chi connectivity index (χ4n) is 1.67. The zero-order valence-corrected chi connectivity index (χ0v) is 10.9. The number of carboxylic acid groups (broad SMARTS) is 1. The third kappa shape index (κ3) is 2.68. The molecule has 0 fully saturated rings. The normalized spacial score (nSPS) is 12.5. The number of benzene rings is 1. The summed E-state index contributed by atoms with van der Waals surface area (Å²) in [6.45, 7) is 1.48. The Morgan fingerprint density at radius 1 is 1.21 bits per heavy atom. The lowest BCUT2D eigenvalue weighted by Gasteiger charge is -2.02. The van der Waals surface area contributed by atoms with Crippen LogP contribution in [0.5, 0.6) is 11.5 Å². The van der Waals surface area contributed by atoms with E-state index in [0.717, 1.165) is 0 Å². The number of ketones is 1. The summed E-state index contributed by atoms with van der Waals surface area (Å²) in [5, 5.41) is 28.2.